The number of anilines is 2. The van der Waals surface area contributed by atoms with E-state index in [0.717, 1.165) is 18.5 Å². The second kappa shape index (κ2) is 7.92. The van der Waals surface area contributed by atoms with Crippen LogP contribution in [0, 0.1) is 12.8 Å². The summed E-state index contributed by atoms with van der Waals surface area (Å²) in [5.74, 6) is 0.980. The summed E-state index contributed by atoms with van der Waals surface area (Å²) in [4.78, 5) is 12.1. The molecule has 1 amide bonds. The number of aromatic nitrogens is 2. The highest BCUT2D eigenvalue weighted by atomic mass is 35.5. The number of nitrogens with zero attached hydrogens (tertiary/aromatic N) is 2. The molecule has 0 spiro atoms. The van der Waals surface area contributed by atoms with Gasteiger partial charge in [0, 0.05) is 17.3 Å². The number of carbonyl (C=O) groups is 1. The van der Waals surface area contributed by atoms with Crippen LogP contribution in [0.25, 0.3) is 0 Å². The maximum absolute atomic E-state index is 12.1. The van der Waals surface area contributed by atoms with E-state index in [1.807, 2.05) is 13.0 Å². The van der Waals surface area contributed by atoms with Crippen LogP contribution in [0.15, 0.2) is 30.3 Å². The first-order valence-electron chi connectivity index (χ1n) is 7.61. The molecule has 0 bridgehead atoms. The van der Waals surface area contributed by atoms with Crippen LogP contribution in [-0.2, 0) is 0 Å². The lowest BCUT2D eigenvalue weighted by Gasteiger charge is -2.08. The summed E-state index contributed by atoms with van der Waals surface area (Å²) in [5.41, 5.74) is 1.85. The largest absolute Gasteiger partial charge is 0.369 e. The van der Waals surface area contributed by atoms with Gasteiger partial charge in [0.25, 0.3) is 5.91 Å². The molecule has 0 fully saturated rings. The molecule has 0 radical (unpaired) electrons. The van der Waals surface area contributed by atoms with Crippen molar-refractivity contribution in [2.24, 2.45) is 5.92 Å². The molecule has 0 atom stereocenters. The van der Waals surface area contributed by atoms with Gasteiger partial charge < -0.3 is 10.6 Å². The molecule has 1 aromatic carbocycles. The quantitative estimate of drug-likeness (QED) is 0.834. The van der Waals surface area contributed by atoms with E-state index in [9.17, 15) is 4.79 Å². The Bertz CT molecular complexity index is 671. The summed E-state index contributed by atoms with van der Waals surface area (Å²) in [6.07, 6.45) is 1.05. The molecular weight excluding hydrogens is 312 g/mol. The fraction of sp³-hybridized carbons (Fsp3) is 0.353. The molecule has 5 nitrogen and oxygen atoms in total. The van der Waals surface area contributed by atoms with Gasteiger partial charge in [0.1, 0.15) is 5.82 Å². The predicted octanol–water partition coefficient (Wildman–Crippen LogP) is 4.15. The Morgan fingerprint density at radius 3 is 2.61 bits per heavy atom. The average molecular weight is 333 g/mol. The first-order valence-corrected chi connectivity index (χ1v) is 7.98. The zero-order chi connectivity index (χ0) is 16.8. The molecule has 0 unspecified atom stereocenters. The number of rotatable bonds is 6. The van der Waals surface area contributed by atoms with E-state index in [4.69, 9.17) is 11.6 Å². The summed E-state index contributed by atoms with van der Waals surface area (Å²) in [7, 11) is 0. The molecule has 2 rings (SSSR count). The summed E-state index contributed by atoms with van der Waals surface area (Å²) in [6, 6.07) is 8.77. The summed E-state index contributed by atoms with van der Waals surface area (Å²) in [5, 5.41) is 14.5. The molecule has 2 aromatic rings. The normalized spacial score (nSPS) is 10.7. The van der Waals surface area contributed by atoms with Gasteiger partial charge in [0.2, 0.25) is 0 Å². The van der Waals surface area contributed by atoms with E-state index in [2.05, 4.69) is 34.7 Å². The smallest absolute Gasteiger partial charge is 0.276 e. The second-order valence-corrected chi connectivity index (χ2v) is 6.24. The molecule has 0 aliphatic rings. The minimum absolute atomic E-state index is 0.260. The van der Waals surface area contributed by atoms with Crippen molar-refractivity contribution in [2.45, 2.75) is 27.2 Å². The van der Waals surface area contributed by atoms with Gasteiger partial charge in [-0.15, -0.1) is 10.2 Å². The molecule has 1 aromatic heterocycles. The van der Waals surface area contributed by atoms with Crippen LogP contribution in [0.5, 0.6) is 0 Å². The fourth-order valence-electron chi connectivity index (χ4n) is 1.90. The van der Waals surface area contributed by atoms with Crippen LogP contribution in [0.2, 0.25) is 5.02 Å². The van der Waals surface area contributed by atoms with Gasteiger partial charge >= 0.3 is 0 Å². The highest BCUT2D eigenvalue weighted by Crippen LogP contribution is 2.20. The highest BCUT2D eigenvalue weighted by Gasteiger charge is 2.09. The molecule has 0 aliphatic heterocycles. The van der Waals surface area contributed by atoms with Crippen molar-refractivity contribution in [2.75, 3.05) is 17.2 Å². The first-order chi connectivity index (χ1) is 11.0. The van der Waals surface area contributed by atoms with Crippen molar-refractivity contribution in [3.8, 4) is 0 Å². The third-order valence-corrected chi connectivity index (χ3v) is 3.76. The molecular formula is C17H21ClN4O. The molecule has 1 heterocycles. The number of amides is 1. The van der Waals surface area contributed by atoms with E-state index >= 15 is 0 Å². The zero-order valence-corrected chi connectivity index (χ0v) is 14.3. The minimum atomic E-state index is -0.314. The third-order valence-electron chi connectivity index (χ3n) is 3.35. The number of carbonyl (C=O) groups excluding carboxylic acids is 1. The number of hydrogen-bond donors (Lipinski definition) is 2. The molecule has 6 heteroatoms. The summed E-state index contributed by atoms with van der Waals surface area (Å²) < 4.78 is 0. The number of hydrogen-bond acceptors (Lipinski definition) is 4. The predicted molar refractivity (Wildman–Crippen MR) is 94.1 cm³/mol. The van der Waals surface area contributed by atoms with Crippen molar-refractivity contribution >= 4 is 29.0 Å². The van der Waals surface area contributed by atoms with E-state index in [1.165, 1.54) is 0 Å². The molecule has 0 aliphatic carbocycles. The number of halogens is 1. The van der Waals surface area contributed by atoms with Crippen molar-refractivity contribution < 1.29 is 4.79 Å². The van der Waals surface area contributed by atoms with Crippen LogP contribution in [-0.4, -0.2) is 22.6 Å². The summed E-state index contributed by atoms with van der Waals surface area (Å²) in [6.45, 7) is 7.07. The lowest BCUT2D eigenvalue weighted by molar-refractivity contribution is 0.102. The number of aryl methyl sites for hydroxylation is 1. The maximum atomic E-state index is 12.1. The molecule has 23 heavy (non-hydrogen) atoms. The van der Waals surface area contributed by atoms with E-state index in [1.54, 1.807) is 24.3 Å². The van der Waals surface area contributed by atoms with Crippen LogP contribution in [0.3, 0.4) is 0 Å². The maximum Gasteiger partial charge on any atom is 0.276 e. The highest BCUT2D eigenvalue weighted by molar-refractivity contribution is 6.31. The Labute approximate surface area is 141 Å². The average Bonchev–Trinajstić information content (AvgIpc) is 2.51. The van der Waals surface area contributed by atoms with E-state index < -0.39 is 0 Å². The Morgan fingerprint density at radius 2 is 2.00 bits per heavy atom. The fourth-order valence-corrected chi connectivity index (χ4v) is 2.08. The van der Waals surface area contributed by atoms with Gasteiger partial charge in [-0.2, -0.15) is 0 Å². The van der Waals surface area contributed by atoms with Gasteiger partial charge in [-0.25, -0.2) is 0 Å². The van der Waals surface area contributed by atoms with Gasteiger partial charge in [-0.1, -0.05) is 31.5 Å². The topological polar surface area (TPSA) is 66.9 Å². The van der Waals surface area contributed by atoms with Gasteiger partial charge in [-0.3, -0.25) is 4.79 Å². The Morgan fingerprint density at radius 1 is 1.22 bits per heavy atom. The van der Waals surface area contributed by atoms with Gasteiger partial charge in [-0.05, 0) is 49.1 Å². The molecule has 122 valence electrons. The lowest BCUT2D eigenvalue weighted by atomic mass is 10.1. The van der Waals surface area contributed by atoms with Crippen LogP contribution in [0.1, 0.15) is 36.3 Å². The van der Waals surface area contributed by atoms with Gasteiger partial charge in [0.05, 0.1) is 0 Å². The zero-order valence-electron chi connectivity index (χ0n) is 13.6. The van der Waals surface area contributed by atoms with Crippen LogP contribution >= 0.6 is 11.6 Å². The Kier molecular flexibility index (Phi) is 5.93. The molecule has 0 saturated carbocycles. The summed E-state index contributed by atoms with van der Waals surface area (Å²) >= 11 is 6.05. The SMILES string of the molecule is Cc1ccc(NC(=O)c2ccc(NCCC(C)C)nn2)cc1Cl. The van der Waals surface area contributed by atoms with Gasteiger partial charge in [0.15, 0.2) is 5.69 Å². The first kappa shape index (κ1) is 17.2. The lowest BCUT2D eigenvalue weighted by Crippen LogP contribution is -2.15. The third kappa shape index (κ3) is 5.21. The van der Waals surface area contributed by atoms with E-state index in [-0.39, 0.29) is 11.6 Å². The number of benzene rings is 1. The van der Waals surface area contributed by atoms with E-state index in [0.29, 0.717) is 22.4 Å². The Hall–Kier alpha value is -2.14. The second-order valence-electron chi connectivity index (χ2n) is 5.83. The monoisotopic (exact) mass is 332 g/mol. The van der Waals surface area contributed by atoms with Crippen LogP contribution in [0.4, 0.5) is 11.5 Å². The van der Waals surface area contributed by atoms with Crippen LogP contribution < -0.4 is 10.6 Å². The molecule has 0 saturated heterocycles. The number of nitrogens with one attached hydrogen (secondary N) is 2. The Balaban J connectivity index is 1.95. The van der Waals surface area contributed by atoms with Crippen molar-refractivity contribution in [1.29, 1.82) is 0 Å². The molecule has 2 N–H and O–H groups in total. The standard InChI is InChI=1S/C17H21ClN4O/c1-11(2)8-9-19-16-7-6-15(21-22-16)17(23)20-13-5-4-12(3)14(18)10-13/h4-7,10-11H,8-9H2,1-3H3,(H,19,22)(H,20,23). The van der Waals surface area contributed by atoms with Crippen molar-refractivity contribution in [1.82, 2.24) is 10.2 Å². The van der Waals surface area contributed by atoms with Crippen molar-refractivity contribution in [3.05, 3.63) is 46.6 Å². The van der Waals surface area contributed by atoms with Crippen molar-refractivity contribution in [3.63, 3.8) is 0 Å². The minimum Gasteiger partial charge on any atom is -0.369 e.